The van der Waals surface area contributed by atoms with E-state index in [4.69, 9.17) is 4.74 Å². The van der Waals surface area contributed by atoms with Gasteiger partial charge in [0.1, 0.15) is 5.82 Å². The largest absolute Gasteiger partial charge is 0.455 e. The predicted molar refractivity (Wildman–Crippen MR) is 106 cm³/mol. The van der Waals surface area contributed by atoms with Gasteiger partial charge in [-0.25, -0.2) is 18.4 Å². The maximum absolute atomic E-state index is 12.7. The second kappa shape index (κ2) is 8.59. The lowest BCUT2D eigenvalue weighted by molar-refractivity contribution is -0.152. The van der Waals surface area contributed by atoms with Gasteiger partial charge in [0.2, 0.25) is 0 Å². The predicted octanol–water partition coefficient (Wildman–Crippen LogP) is 1.08. The molecule has 3 rings (SSSR count). The third-order valence-corrected chi connectivity index (χ3v) is 7.33. The summed E-state index contributed by atoms with van der Waals surface area (Å²) in [5.41, 5.74) is 0.796. The Bertz CT molecular complexity index is 986. The summed E-state index contributed by atoms with van der Waals surface area (Å²) < 4.78 is 33.5. The summed E-state index contributed by atoms with van der Waals surface area (Å²) in [6.07, 6.45) is 2.14. The Kier molecular flexibility index (Phi) is 6.34. The van der Waals surface area contributed by atoms with Gasteiger partial charge in [-0.3, -0.25) is 14.9 Å². The van der Waals surface area contributed by atoms with Crippen LogP contribution in [0.25, 0.3) is 0 Å². The van der Waals surface area contributed by atoms with Crippen molar-refractivity contribution in [2.45, 2.75) is 31.7 Å². The Morgan fingerprint density at radius 2 is 1.97 bits per heavy atom. The molecular weight excluding hydrogens is 418 g/mol. The fourth-order valence-corrected chi connectivity index (χ4v) is 5.14. The molecule has 1 saturated heterocycles. The molecule has 0 radical (unpaired) electrons. The maximum atomic E-state index is 12.7. The number of thiazole rings is 1. The zero-order valence-electron chi connectivity index (χ0n) is 16.4. The van der Waals surface area contributed by atoms with Crippen molar-refractivity contribution >= 4 is 38.4 Å². The van der Waals surface area contributed by atoms with E-state index in [2.05, 4.69) is 15.3 Å². The highest BCUT2D eigenvalue weighted by atomic mass is 32.2. The van der Waals surface area contributed by atoms with E-state index < -0.39 is 34.4 Å². The number of rotatable bonds is 6. The van der Waals surface area contributed by atoms with Gasteiger partial charge in [-0.15, -0.1) is 11.3 Å². The molecule has 2 aromatic rings. The van der Waals surface area contributed by atoms with E-state index in [0.29, 0.717) is 23.8 Å². The first kappa shape index (κ1) is 21.4. The van der Waals surface area contributed by atoms with Crippen LogP contribution in [-0.2, 0) is 31.4 Å². The number of aryl methyl sites for hydroxylation is 3. The number of carbonyl (C=O) groups excluding carboxylic acids is 2. The normalized spacial score (nSPS) is 16.0. The summed E-state index contributed by atoms with van der Waals surface area (Å²) in [7, 11) is -1.96. The quantitative estimate of drug-likeness (QED) is 0.665. The first-order chi connectivity index (χ1) is 13.7. The summed E-state index contributed by atoms with van der Waals surface area (Å²) >= 11 is 1.29. The smallest absolute Gasteiger partial charge is 0.309 e. The molecule has 0 bridgehead atoms. The van der Waals surface area contributed by atoms with Gasteiger partial charge in [0, 0.05) is 31.7 Å². The number of nitrogens with one attached hydrogen (secondary N) is 1. The van der Waals surface area contributed by atoms with Crippen molar-refractivity contribution in [3.8, 4) is 0 Å². The van der Waals surface area contributed by atoms with Gasteiger partial charge in [0.05, 0.1) is 11.6 Å². The molecule has 0 spiro atoms. The summed E-state index contributed by atoms with van der Waals surface area (Å²) in [5, 5.41) is 4.83. The zero-order chi connectivity index (χ0) is 21.2. The number of amides is 1. The zero-order valence-corrected chi connectivity index (χ0v) is 18.0. The third kappa shape index (κ3) is 5.00. The van der Waals surface area contributed by atoms with Gasteiger partial charge in [0.15, 0.2) is 16.8 Å². The van der Waals surface area contributed by atoms with Gasteiger partial charge < -0.3 is 9.30 Å². The number of hydrogen-bond acceptors (Lipinski definition) is 8. The van der Waals surface area contributed by atoms with Crippen LogP contribution in [0.3, 0.4) is 0 Å². The van der Waals surface area contributed by atoms with E-state index in [1.165, 1.54) is 21.8 Å². The molecule has 0 aromatic carbocycles. The minimum absolute atomic E-state index is 0.00706. The van der Waals surface area contributed by atoms with Crippen LogP contribution in [-0.4, -0.2) is 58.8 Å². The molecule has 1 aliphatic heterocycles. The fraction of sp³-hybridized carbons (Fsp3) is 0.529. The molecule has 12 heteroatoms. The van der Waals surface area contributed by atoms with Crippen LogP contribution >= 0.6 is 11.3 Å². The molecule has 29 heavy (non-hydrogen) atoms. The standard InChI is InChI=1S/C17H23N5O5S2/c1-11-10-28-17(18-11)20-14(23)9-27-16(24)13-4-6-22(7-5-13)29(25,26)15-8-21(3)12(2)19-15/h8,10,13H,4-7,9H2,1-3H3,(H,18,20,23). The van der Waals surface area contributed by atoms with E-state index >= 15 is 0 Å². The van der Waals surface area contributed by atoms with Gasteiger partial charge in [-0.1, -0.05) is 0 Å². The topological polar surface area (TPSA) is 123 Å². The van der Waals surface area contributed by atoms with Crippen molar-refractivity contribution < 1.29 is 22.7 Å². The molecule has 3 heterocycles. The molecule has 1 fully saturated rings. The number of sulfonamides is 1. The Balaban J connectivity index is 1.48. The fourth-order valence-electron chi connectivity index (χ4n) is 2.94. The second-order valence-corrected chi connectivity index (χ2v) is 9.61. The van der Waals surface area contributed by atoms with Gasteiger partial charge in [-0.05, 0) is 26.7 Å². The molecule has 158 valence electrons. The van der Waals surface area contributed by atoms with E-state index in [0.717, 1.165) is 5.69 Å². The number of nitrogens with zero attached hydrogens (tertiary/aromatic N) is 4. The third-order valence-electron chi connectivity index (χ3n) is 4.69. The lowest BCUT2D eigenvalue weighted by Gasteiger charge is -2.29. The minimum Gasteiger partial charge on any atom is -0.455 e. The van der Waals surface area contributed by atoms with Crippen LogP contribution in [0.15, 0.2) is 16.6 Å². The highest BCUT2D eigenvalue weighted by molar-refractivity contribution is 7.89. The van der Waals surface area contributed by atoms with E-state index in [9.17, 15) is 18.0 Å². The van der Waals surface area contributed by atoms with Crippen molar-refractivity contribution in [1.29, 1.82) is 0 Å². The molecule has 0 unspecified atom stereocenters. The first-order valence-corrected chi connectivity index (χ1v) is 11.4. The summed E-state index contributed by atoms with van der Waals surface area (Å²) in [5.74, 6) is -0.797. The summed E-state index contributed by atoms with van der Waals surface area (Å²) in [6, 6.07) is 0. The molecule has 2 aromatic heterocycles. The number of anilines is 1. The van der Waals surface area contributed by atoms with Crippen molar-refractivity contribution in [1.82, 2.24) is 18.8 Å². The maximum Gasteiger partial charge on any atom is 0.309 e. The van der Waals surface area contributed by atoms with E-state index in [1.54, 1.807) is 23.9 Å². The summed E-state index contributed by atoms with van der Waals surface area (Å²) in [4.78, 5) is 32.3. The van der Waals surface area contributed by atoms with Crippen LogP contribution in [0.2, 0.25) is 0 Å². The van der Waals surface area contributed by atoms with Crippen LogP contribution < -0.4 is 5.32 Å². The van der Waals surface area contributed by atoms with E-state index in [1.807, 2.05) is 6.92 Å². The van der Waals surface area contributed by atoms with E-state index in [-0.39, 0.29) is 18.1 Å². The average Bonchev–Trinajstić information content (AvgIpc) is 3.25. The number of ether oxygens (including phenoxy) is 1. The first-order valence-electron chi connectivity index (χ1n) is 9.05. The van der Waals surface area contributed by atoms with Crippen LogP contribution in [0.1, 0.15) is 24.4 Å². The SMILES string of the molecule is Cc1csc(NC(=O)COC(=O)C2CCN(S(=O)(=O)c3cn(C)c(C)n3)CC2)n1. The van der Waals surface area contributed by atoms with Crippen molar-refractivity contribution in [3.05, 3.63) is 23.1 Å². The molecule has 1 aliphatic rings. The molecule has 0 saturated carbocycles. The van der Waals surface area contributed by atoms with Gasteiger partial charge in [0.25, 0.3) is 15.9 Å². The van der Waals surface area contributed by atoms with Crippen molar-refractivity contribution in [2.24, 2.45) is 13.0 Å². The second-order valence-electron chi connectivity index (χ2n) is 6.87. The highest BCUT2D eigenvalue weighted by Crippen LogP contribution is 2.24. The molecule has 1 amide bonds. The molecule has 0 atom stereocenters. The van der Waals surface area contributed by atoms with Crippen LogP contribution in [0, 0.1) is 19.8 Å². The number of esters is 1. The highest BCUT2D eigenvalue weighted by Gasteiger charge is 2.34. The molecule has 10 nitrogen and oxygen atoms in total. The van der Waals surface area contributed by atoms with Crippen LogP contribution in [0.4, 0.5) is 5.13 Å². The lowest BCUT2D eigenvalue weighted by Crippen LogP contribution is -2.41. The monoisotopic (exact) mass is 441 g/mol. The average molecular weight is 442 g/mol. The Morgan fingerprint density at radius 3 is 2.52 bits per heavy atom. The Labute approximate surface area is 173 Å². The Morgan fingerprint density at radius 1 is 1.28 bits per heavy atom. The molecule has 0 aliphatic carbocycles. The van der Waals surface area contributed by atoms with Gasteiger partial charge in [-0.2, -0.15) is 4.31 Å². The number of carbonyl (C=O) groups is 2. The van der Waals surface area contributed by atoms with Gasteiger partial charge >= 0.3 is 5.97 Å². The minimum atomic E-state index is -3.69. The number of imidazole rings is 1. The Hall–Kier alpha value is -2.31. The van der Waals surface area contributed by atoms with Crippen LogP contribution in [0.5, 0.6) is 0 Å². The summed E-state index contributed by atoms with van der Waals surface area (Å²) in [6.45, 7) is 3.54. The molecular formula is C17H23N5O5S2. The number of piperidine rings is 1. The lowest BCUT2D eigenvalue weighted by atomic mass is 9.98. The number of aromatic nitrogens is 3. The van der Waals surface area contributed by atoms with Crippen molar-refractivity contribution in [3.63, 3.8) is 0 Å². The van der Waals surface area contributed by atoms with Crippen molar-refractivity contribution in [2.75, 3.05) is 25.0 Å². The number of hydrogen-bond donors (Lipinski definition) is 1. The molecule has 1 N–H and O–H groups in total.